The molecule has 2 rings (SSSR count). The molecule has 1 aromatic rings. The fraction of sp³-hybridized carbons (Fsp3) is 0.615. The molecule has 1 aliphatic rings. The second-order valence-corrected chi connectivity index (χ2v) is 4.96. The van der Waals surface area contributed by atoms with Gasteiger partial charge in [0, 0.05) is 12.2 Å². The lowest BCUT2D eigenvalue weighted by atomic mass is 10.0. The first-order valence-corrected chi connectivity index (χ1v) is 6.65. The summed E-state index contributed by atoms with van der Waals surface area (Å²) in [4.78, 5) is 25.3. The molecule has 1 fully saturated rings. The van der Waals surface area contributed by atoms with Crippen molar-refractivity contribution in [2.24, 2.45) is 0 Å². The summed E-state index contributed by atoms with van der Waals surface area (Å²) in [6.07, 6.45) is 5.78. The number of aliphatic carboxylic acids is 1. The number of aromatic nitrogens is 2. The lowest BCUT2D eigenvalue weighted by molar-refractivity contribution is -0.142. The molecule has 2 N–H and O–H groups in total. The molecule has 0 aliphatic carbocycles. The average Bonchev–Trinajstić information content (AvgIpc) is 2.74. The summed E-state index contributed by atoms with van der Waals surface area (Å²) in [7, 11) is 0. The fourth-order valence-corrected chi connectivity index (χ4v) is 2.51. The summed E-state index contributed by atoms with van der Waals surface area (Å²) >= 11 is 0. The number of carboxylic acid groups (broad SMARTS) is 1. The van der Waals surface area contributed by atoms with Gasteiger partial charge in [0.05, 0.1) is 11.8 Å². The summed E-state index contributed by atoms with van der Waals surface area (Å²) < 4.78 is 0. The van der Waals surface area contributed by atoms with E-state index in [4.69, 9.17) is 0 Å². The SMILES string of the molecule is Cc1[nH]ncc1C(=O)N1CCCCCCC1C(=O)O. The van der Waals surface area contributed by atoms with E-state index in [9.17, 15) is 14.7 Å². The number of nitrogens with one attached hydrogen (secondary N) is 1. The van der Waals surface area contributed by atoms with Crippen molar-refractivity contribution in [3.05, 3.63) is 17.5 Å². The minimum absolute atomic E-state index is 0.236. The van der Waals surface area contributed by atoms with Crippen LogP contribution in [-0.2, 0) is 4.79 Å². The Morgan fingerprint density at radius 2 is 2.11 bits per heavy atom. The predicted molar refractivity (Wildman–Crippen MR) is 68.9 cm³/mol. The van der Waals surface area contributed by atoms with Gasteiger partial charge in [-0.25, -0.2) is 4.79 Å². The van der Waals surface area contributed by atoms with Crippen LogP contribution in [0, 0.1) is 6.92 Å². The highest BCUT2D eigenvalue weighted by Crippen LogP contribution is 2.20. The Morgan fingerprint density at radius 1 is 1.37 bits per heavy atom. The Bertz CT molecular complexity index is 469. The van der Waals surface area contributed by atoms with Crippen LogP contribution in [0.2, 0.25) is 0 Å². The molecule has 1 aromatic heterocycles. The van der Waals surface area contributed by atoms with Gasteiger partial charge in [-0.05, 0) is 19.8 Å². The summed E-state index contributed by atoms with van der Waals surface area (Å²) in [6, 6.07) is -0.720. The van der Waals surface area contributed by atoms with Crippen molar-refractivity contribution in [3.8, 4) is 0 Å². The van der Waals surface area contributed by atoms with Crippen molar-refractivity contribution in [2.45, 2.75) is 45.1 Å². The molecule has 6 nitrogen and oxygen atoms in total. The van der Waals surface area contributed by atoms with E-state index in [-0.39, 0.29) is 5.91 Å². The standard InChI is InChI=1S/C13H19N3O3/c1-9-10(8-14-15-9)12(17)16-7-5-3-2-4-6-11(16)13(18)19/h8,11H,2-7H2,1H3,(H,14,15)(H,18,19). The highest BCUT2D eigenvalue weighted by molar-refractivity contribution is 5.97. The van der Waals surface area contributed by atoms with Crippen molar-refractivity contribution >= 4 is 11.9 Å². The molecule has 0 saturated carbocycles. The molecule has 1 amide bonds. The van der Waals surface area contributed by atoms with E-state index in [2.05, 4.69) is 10.2 Å². The largest absolute Gasteiger partial charge is 0.480 e. The number of amides is 1. The van der Waals surface area contributed by atoms with Crippen molar-refractivity contribution in [1.29, 1.82) is 0 Å². The molecule has 104 valence electrons. The molecular weight excluding hydrogens is 246 g/mol. The number of carbonyl (C=O) groups is 2. The average molecular weight is 265 g/mol. The Hall–Kier alpha value is -1.85. The Morgan fingerprint density at radius 3 is 2.74 bits per heavy atom. The molecule has 1 aliphatic heterocycles. The zero-order chi connectivity index (χ0) is 13.8. The van der Waals surface area contributed by atoms with Crippen LogP contribution in [0.25, 0.3) is 0 Å². The minimum Gasteiger partial charge on any atom is -0.480 e. The minimum atomic E-state index is -0.920. The van der Waals surface area contributed by atoms with Gasteiger partial charge < -0.3 is 10.0 Å². The van der Waals surface area contributed by atoms with Gasteiger partial charge in [-0.3, -0.25) is 9.89 Å². The first-order valence-electron chi connectivity index (χ1n) is 6.65. The lowest BCUT2D eigenvalue weighted by Crippen LogP contribution is -2.46. The smallest absolute Gasteiger partial charge is 0.326 e. The van der Waals surface area contributed by atoms with Crippen LogP contribution in [0.4, 0.5) is 0 Å². The van der Waals surface area contributed by atoms with Gasteiger partial charge in [-0.1, -0.05) is 19.3 Å². The number of likely N-dealkylation sites (tertiary alicyclic amines) is 1. The summed E-state index contributed by atoms with van der Waals surface area (Å²) in [6.45, 7) is 2.26. The van der Waals surface area contributed by atoms with Crippen LogP contribution in [0.1, 0.15) is 48.2 Å². The van der Waals surface area contributed by atoms with Crippen LogP contribution in [0.3, 0.4) is 0 Å². The van der Waals surface area contributed by atoms with Crippen LogP contribution < -0.4 is 0 Å². The lowest BCUT2D eigenvalue weighted by Gasteiger charge is -2.30. The topological polar surface area (TPSA) is 86.3 Å². The van der Waals surface area contributed by atoms with Gasteiger partial charge >= 0.3 is 5.97 Å². The normalized spacial score (nSPS) is 20.7. The number of carboxylic acids is 1. The Kier molecular flexibility index (Phi) is 4.19. The molecule has 0 aromatic carbocycles. The van der Waals surface area contributed by atoms with Crippen LogP contribution in [0.15, 0.2) is 6.20 Å². The maximum atomic E-state index is 12.5. The van der Waals surface area contributed by atoms with Gasteiger partial charge in [0.25, 0.3) is 5.91 Å². The molecule has 19 heavy (non-hydrogen) atoms. The number of rotatable bonds is 2. The number of nitrogens with zero attached hydrogens (tertiary/aromatic N) is 2. The summed E-state index contributed by atoms with van der Waals surface area (Å²) in [5, 5.41) is 15.9. The molecule has 1 atom stereocenters. The van der Waals surface area contributed by atoms with Gasteiger partial charge in [0.1, 0.15) is 6.04 Å². The highest BCUT2D eigenvalue weighted by Gasteiger charge is 2.31. The van der Waals surface area contributed by atoms with Gasteiger partial charge in [-0.2, -0.15) is 5.10 Å². The number of H-pyrrole nitrogens is 1. The third-order valence-electron chi connectivity index (χ3n) is 3.61. The zero-order valence-corrected chi connectivity index (χ0v) is 11.1. The predicted octanol–water partition coefficient (Wildman–Crippen LogP) is 1.58. The summed E-state index contributed by atoms with van der Waals surface area (Å²) in [5.41, 5.74) is 1.14. The van der Waals surface area contributed by atoms with E-state index in [1.807, 2.05) is 0 Å². The Labute approximate surface area is 111 Å². The zero-order valence-electron chi connectivity index (χ0n) is 11.1. The first-order chi connectivity index (χ1) is 9.11. The van der Waals surface area contributed by atoms with Crippen molar-refractivity contribution in [2.75, 3.05) is 6.54 Å². The number of aryl methyl sites for hydroxylation is 1. The van der Waals surface area contributed by atoms with Crippen molar-refractivity contribution in [3.63, 3.8) is 0 Å². The third-order valence-corrected chi connectivity index (χ3v) is 3.61. The quantitative estimate of drug-likeness (QED) is 0.850. The molecule has 1 unspecified atom stereocenters. The number of hydrogen-bond donors (Lipinski definition) is 2. The maximum Gasteiger partial charge on any atom is 0.326 e. The number of hydrogen-bond acceptors (Lipinski definition) is 3. The molecule has 0 spiro atoms. The van der Waals surface area contributed by atoms with E-state index >= 15 is 0 Å². The molecule has 2 heterocycles. The Balaban J connectivity index is 2.24. The molecule has 1 saturated heterocycles. The van der Waals surface area contributed by atoms with E-state index in [0.717, 1.165) is 25.7 Å². The fourth-order valence-electron chi connectivity index (χ4n) is 2.51. The van der Waals surface area contributed by atoms with E-state index in [1.165, 1.54) is 11.1 Å². The van der Waals surface area contributed by atoms with E-state index < -0.39 is 12.0 Å². The van der Waals surface area contributed by atoms with Gasteiger partial charge in [0.15, 0.2) is 0 Å². The molecule has 0 radical (unpaired) electrons. The summed E-state index contributed by atoms with van der Waals surface area (Å²) in [5.74, 6) is -1.16. The third kappa shape index (κ3) is 2.94. The van der Waals surface area contributed by atoms with Crippen LogP contribution in [-0.4, -0.2) is 44.7 Å². The van der Waals surface area contributed by atoms with E-state index in [0.29, 0.717) is 24.2 Å². The maximum absolute atomic E-state index is 12.5. The second kappa shape index (κ2) is 5.86. The molecule has 6 heteroatoms. The second-order valence-electron chi connectivity index (χ2n) is 4.96. The van der Waals surface area contributed by atoms with Crippen LogP contribution in [0.5, 0.6) is 0 Å². The number of carbonyl (C=O) groups excluding carboxylic acids is 1. The number of aromatic amines is 1. The first kappa shape index (κ1) is 13.6. The van der Waals surface area contributed by atoms with Crippen molar-refractivity contribution in [1.82, 2.24) is 15.1 Å². The van der Waals surface area contributed by atoms with Gasteiger partial charge in [0.2, 0.25) is 0 Å². The monoisotopic (exact) mass is 265 g/mol. The molecular formula is C13H19N3O3. The van der Waals surface area contributed by atoms with Gasteiger partial charge in [-0.15, -0.1) is 0 Å². The van der Waals surface area contributed by atoms with Crippen LogP contribution >= 0.6 is 0 Å². The van der Waals surface area contributed by atoms with Crippen molar-refractivity contribution < 1.29 is 14.7 Å². The highest BCUT2D eigenvalue weighted by atomic mass is 16.4. The molecule has 0 bridgehead atoms. The van der Waals surface area contributed by atoms with E-state index in [1.54, 1.807) is 6.92 Å².